The SMILES string of the molecule is Ic1ccn(C2CCCC2)n1. The van der Waals surface area contributed by atoms with E-state index in [2.05, 4.69) is 44.6 Å². The van der Waals surface area contributed by atoms with E-state index in [1.165, 1.54) is 25.7 Å². The predicted molar refractivity (Wildman–Crippen MR) is 52.4 cm³/mol. The molecular formula is C8H11IN2. The minimum absolute atomic E-state index is 0.693. The lowest BCUT2D eigenvalue weighted by molar-refractivity contribution is 0.465. The van der Waals surface area contributed by atoms with Crippen molar-refractivity contribution < 1.29 is 0 Å². The zero-order valence-corrected chi connectivity index (χ0v) is 8.49. The largest absolute Gasteiger partial charge is 0.269 e. The fourth-order valence-electron chi connectivity index (χ4n) is 1.69. The van der Waals surface area contributed by atoms with E-state index < -0.39 is 0 Å². The maximum absolute atomic E-state index is 4.40. The van der Waals surface area contributed by atoms with Gasteiger partial charge in [0, 0.05) is 6.20 Å². The Morgan fingerprint density at radius 2 is 2.18 bits per heavy atom. The molecule has 1 heterocycles. The van der Waals surface area contributed by atoms with Crippen LogP contribution in [0, 0.1) is 3.70 Å². The molecule has 1 fully saturated rings. The first-order valence-corrected chi connectivity index (χ1v) is 5.15. The van der Waals surface area contributed by atoms with Crippen LogP contribution in [0.5, 0.6) is 0 Å². The van der Waals surface area contributed by atoms with Gasteiger partial charge in [-0.05, 0) is 41.5 Å². The Hall–Kier alpha value is -0.0600. The van der Waals surface area contributed by atoms with Crippen LogP contribution >= 0.6 is 22.6 Å². The second kappa shape index (κ2) is 3.13. The van der Waals surface area contributed by atoms with E-state index in [-0.39, 0.29) is 0 Å². The first-order chi connectivity index (χ1) is 5.36. The molecule has 1 aliphatic carbocycles. The molecule has 0 aliphatic heterocycles. The van der Waals surface area contributed by atoms with Crippen molar-refractivity contribution in [1.82, 2.24) is 9.78 Å². The summed E-state index contributed by atoms with van der Waals surface area (Å²) < 4.78 is 3.23. The fraction of sp³-hybridized carbons (Fsp3) is 0.625. The molecule has 1 aromatic rings. The molecule has 2 nitrogen and oxygen atoms in total. The maximum Gasteiger partial charge on any atom is 0.123 e. The van der Waals surface area contributed by atoms with E-state index in [0.717, 1.165) is 3.70 Å². The minimum atomic E-state index is 0.693. The number of aromatic nitrogens is 2. The Morgan fingerprint density at radius 1 is 1.45 bits per heavy atom. The molecule has 0 N–H and O–H groups in total. The molecule has 2 rings (SSSR count). The van der Waals surface area contributed by atoms with Gasteiger partial charge in [-0.2, -0.15) is 5.10 Å². The van der Waals surface area contributed by atoms with E-state index in [0.29, 0.717) is 6.04 Å². The fourth-order valence-corrected chi connectivity index (χ4v) is 2.10. The van der Waals surface area contributed by atoms with Crippen molar-refractivity contribution in [1.29, 1.82) is 0 Å². The van der Waals surface area contributed by atoms with Crippen molar-refractivity contribution in [2.24, 2.45) is 0 Å². The van der Waals surface area contributed by atoms with Crippen LogP contribution < -0.4 is 0 Å². The zero-order chi connectivity index (χ0) is 7.68. The van der Waals surface area contributed by atoms with Gasteiger partial charge in [0.05, 0.1) is 6.04 Å². The first-order valence-electron chi connectivity index (χ1n) is 4.07. The molecule has 1 aliphatic rings. The number of halogens is 1. The predicted octanol–water partition coefficient (Wildman–Crippen LogP) is 2.60. The smallest absolute Gasteiger partial charge is 0.123 e. The van der Waals surface area contributed by atoms with Gasteiger partial charge in [-0.15, -0.1) is 0 Å². The van der Waals surface area contributed by atoms with Gasteiger partial charge in [-0.1, -0.05) is 12.8 Å². The molecule has 0 aromatic carbocycles. The summed E-state index contributed by atoms with van der Waals surface area (Å²) in [5.41, 5.74) is 0. The van der Waals surface area contributed by atoms with Gasteiger partial charge >= 0.3 is 0 Å². The molecule has 0 radical (unpaired) electrons. The highest BCUT2D eigenvalue weighted by atomic mass is 127. The number of rotatable bonds is 1. The standard InChI is InChI=1S/C8H11IN2/c9-8-5-6-11(10-8)7-3-1-2-4-7/h5-7H,1-4H2. The topological polar surface area (TPSA) is 17.8 Å². The molecule has 0 spiro atoms. The molecule has 0 amide bonds. The second-order valence-electron chi connectivity index (χ2n) is 3.06. The highest BCUT2D eigenvalue weighted by Gasteiger charge is 2.16. The van der Waals surface area contributed by atoms with Gasteiger partial charge in [-0.25, -0.2) is 0 Å². The molecule has 0 bridgehead atoms. The van der Waals surface area contributed by atoms with Gasteiger partial charge in [0.2, 0.25) is 0 Å². The Morgan fingerprint density at radius 3 is 2.73 bits per heavy atom. The Kier molecular flexibility index (Phi) is 2.16. The molecule has 0 saturated heterocycles. The number of hydrogen-bond donors (Lipinski definition) is 0. The molecule has 3 heteroatoms. The summed E-state index contributed by atoms with van der Waals surface area (Å²) in [6.45, 7) is 0. The van der Waals surface area contributed by atoms with Crippen molar-refractivity contribution in [2.75, 3.05) is 0 Å². The van der Waals surface area contributed by atoms with Crippen LogP contribution in [0.15, 0.2) is 12.3 Å². The van der Waals surface area contributed by atoms with Crippen molar-refractivity contribution in [3.8, 4) is 0 Å². The van der Waals surface area contributed by atoms with Crippen LogP contribution in [-0.2, 0) is 0 Å². The molecule has 1 saturated carbocycles. The third-order valence-corrected chi connectivity index (χ3v) is 2.85. The van der Waals surface area contributed by atoms with E-state index in [4.69, 9.17) is 0 Å². The first kappa shape index (κ1) is 7.58. The van der Waals surface area contributed by atoms with E-state index in [1.54, 1.807) is 0 Å². The highest BCUT2D eigenvalue weighted by molar-refractivity contribution is 14.1. The van der Waals surface area contributed by atoms with Crippen molar-refractivity contribution >= 4 is 22.6 Å². The lowest BCUT2D eigenvalue weighted by atomic mass is 10.3. The van der Waals surface area contributed by atoms with Crippen LogP contribution in [0.3, 0.4) is 0 Å². The molecular weight excluding hydrogens is 251 g/mol. The van der Waals surface area contributed by atoms with Gasteiger partial charge in [0.15, 0.2) is 0 Å². The van der Waals surface area contributed by atoms with Crippen molar-refractivity contribution in [3.05, 3.63) is 16.0 Å². The van der Waals surface area contributed by atoms with Gasteiger partial charge in [0.25, 0.3) is 0 Å². The van der Waals surface area contributed by atoms with E-state index in [1.807, 2.05) is 0 Å². The van der Waals surface area contributed by atoms with Crippen molar-refractivity contribution in [3.63, 3.8) is 0 Å². The lowest BCUT2D eigenvalue weighted by Crippen LogP contribution is -2.04. The van der Waals surface area contributed by atoms with Crippen molar-refractivity contribution in [2.45, 2.75) is 31.7 Å². The third kappa shape index (κ3) is 1.58. The lowest BCUT2D eigenvalue weighted by Gasteiger charge is -2.07. The van der Waals surface area contributed by atoms with Crippen LogP contribution in [0.1, 0.15) is 31.7 Å². The normalized spacial score (nSPS) is 19.4. The van der Waals surface area contributed by atoms with Gasteiger partial charge in [-0.3, -0.25) is 4.68 Å². The zero-order valence-electron chi connectivity index (χ0n) is 6.33. The summed E-state index contributed by atoms with van der Waals surface area (Å²) in [5, 5.41) is 4.40. The molecule has 11 heavy (non-hydrogen) atoms. The quantitative estimate of drug-likeness (QED) is 0.711. The average Bonchev–Trinajstić information content (AvgIpc) is 2.55. The maximum atomic E-state index is 4.40. The molecule has 0 unspecified atom stereocenters. The van der Waals surface area contributed by atoms with Gasteiger partial charge < -0.3 is 0 Å². The third-order valence-electron chi connectivity index (χ3n) is 2.27. The minimum Gasteiger partial charge on any atom is -0.269 e. The van der Waals surface area contributed by atoms with Gasteiger partial charge in [0.1, 0.15) is 3.70 Å². The summed E-state index contributed by atoms with van der Waals surface area (Å²) in [4.78, 5) is 0. The highest BCUT2D eigenvalue weighted by Crippen LogP contribution is 2.28. The Balaban J connectivity index is 2.15. The van der Waals surface area contributed by atoms with Crippen LogP contribution in [0.2, 0.25) is 0 Å². The number of hydrogen-bond acceptors (Lipinski definition) is 1. The average molecular weight is 262 g/mol. The van der Waals surface area contributed by atoms with E-state index >= 15 is 0 Å². The summed E-state index contributed by atoms with van der Waals surface area (Å²) in [6, 6.07) is 2.76. The van der Waals surface area contributed by atoms with Crippen LogP contribution in [0.25, 0.3) is 0 Å². The Labute approximate surface area is 80.1 Å². The molecule has 0 atom stereocenters. The van der Waals surface area contributed by atoms with E-state index in [9.17, 15) is 0 Å². The monoisotopic (exact) mass is 262 g/mol. The number of nitrogens with zero attached hydrogens (tertiary/aromatic N) is 2. The summed E-state index contributed by atoms with van der Waals surface area (Å²) in [7, 11) is 0. The van der Waals surface area contributed by atoms with Crippen LogP contribution in [0.4, 0.5) is 0 Å². The summed E-state index contributed by atoms with van der Waals surface area (Å²) >= 11 is 2.26. The molecule has 1 aromatic heterocycles. The van der Waals surface area contributed by atoms with Crippen LogP contribution in [-0.4, -0.2) is 9.78 Å². The summed E-state index contributed by atoms with van der Waals surface area (Å²) in [6.07, 6.45) is 7.48. The second-order valence-corrected chi connectivity index (χ2v) is 4.16. The summed E-state index contributed by atoms with van der Waals surface area (Å²) in [5.74, 6) is 0. The Bertz CT molecular complexity index is 238. The molecule has 60 valence electrons.